The number of methoxy groups -OCH3 is 1. The fourth-order valence-electron chi connectivity index (χ4n) is 2.37. The van der Waals surface area contributed by atoms with Gasteiger partial charge in [-0.15, -0.1) is 0 Å². The Morgan fingerprint density at radius 3 is 2.55 bits per heavy atom. The molecule has 1 aromatic heterocycles. The van der Waals surface area contributed by atoms with Crippen molar-refractivity contribution in [3.05, 3.63) is 53.9 Å². The molecule has 4 heteroatoms. The number of nitrogens with one attached hydrogen (secondary N) is 1. The largest absolute Gasteiger partial charge is 0.375 e. The van der Waals surface area contributed by atoms with Crippen LogP contribution in [0, 0.1) is 0 Å². The van der Waals surface area contributed by atoms with E-state index in [0.29, 0.717) is 0 Å². The standard InChI is InChI=1S/C16H23N3O/c1-4-11-17-15(14-10-12-19(2)18-14)16(20-3)13-8-6-5-7-9-13/h5-10,12,15-17H,4,11H2,1-3H3. The van der Waals surface area contributed by atoms with Gasteiger partial charge in [-0.25, -0.2) is 0 Å². The summed E-state index contributed by atoms with van der Waals surface area (Å²) >= 11 is 0. The minimum absolute atomic E-state index is 0.0438. The van der Waals surface area contributed by atoms with Crippen molar-refractivity contribution in [3.63, 3.8) is 0 Å². The maximum Gasteiger partial charge on any atom is 0.103 e. The summed E-state index contributed by atoms with van der Waals surface area (Å²) in [5, 5.41) is 8.08. The smallest absolute Gasteiger partial charge is 0.103 e. The Labute approximate surface area is 120 Å². The second kappa shape index (κ2) is 7.22. The number of aryl methyl sites for hydroxylation is 1. The summed E-state index contributed by atoms with van der Waals surface area (Å²) < 4.78 is 7.57. The molecule has 2 atom stereocenters. The lowest BCUT2D eigenvalue weighted by molar-refractivity contribution is 0.0660. The average molecular weight is 273 g/mol. The molecule has 2 rings (SSSR count). The average Bonchev–Trinajstić information content (AvgIpc) is 2.90. The Morgan fingerprint density at radius 1 is 1.25 bits per heavy atom. The fourth-order valence-corrected chi connectivity index (χ4v) is 2.37. The number of ether oxygens (including phenoxy) is 1. The topological polar surface area (TPSA) is 39.1 Å². The molecular weight excluding hydrogens is 250 g/mol. The normalized spacial score (nSPS) is 14.2. The van der Waals surface area contributed by atoms with Crippen LogP contribution in [0.5, 0.6) is 0 Å². The van der Waals surface area contributed by atoms with E-state index in [9.17, 15) is 0 Å². The first-order valence-corrected chi connectivity index (χ1v) is 7.07. The van der Waals surface area contributed by atoms with Gasteiger partial charge >= 0.3 is 0 Å². The van der Waals surface area contributed by atoms with Gasteiger partial charge in [0.25, 0.3) is 0 Å². The molecule has 0 aliphatic carbocycles. The van der Waals surface area contributed by atoms with E-state index < -0.39 is 0 Å². The highest BCUT2D eigenvalue weighted by Crippen LogP contribution is 2.30. The van der Waals surface area contributed by atoms with Crippen LogP contribution in [0.15, 0.2) is 42.6 Å². The third-order valence-electron chi connectivity index (χ3n) is 3.35. The van der Waals surface area contributed by atoms with Crippen LogP contribution in [0.4, 0.5) is 0 Å². The molecule has 2 unspecified atom stereocenters. The van der Waals surface area contributed by atoms with Crippen LogP contribution >= 0.6 is 0 Å². The molecule has 1 aromatic carbocycles. The number of aromatic nitrogens is 2. The second-order valence-corrected chi connectivity index (χ2v) is 4.91. The van der Waals surface area contributed by atoms with Crippen LogP contribution in [0.25, 0.3) is 0 Å². The van der Waals surface area contributed by atoms with Gasteiger partial charge in [0, 0.05) is 20.4 Å². The molecule has 0 saturated heterocycles. The van der Waals surface area contributed by atoms with Crippen LogP contribution in [0.3, 0.4) is 0 Å². The van der Waals surface area contributed by atoms with Crippen LogP contribution in [0.1, 0.15) is 36.7 Å². The molecule has 0 radical (unpaired) electrons. The van der Waals surface area contributed by atoms with Gasteiger partial charge < -0.3 is 10.1 Å². The molecule has 0 fully saturated rings. The monoisotopic (exact) mass is 273 g/mol. The Morgan fingerprint density at radius 2 is 2.00 bits per heavy atom. The van der Waals surface area contributed by atoms with Gasteiger partial charge in [-0.3, -0.25) is 4.68 Å². The summed E-state index contributed by atoms with van der Waals surface area (Å²) in [6.45, 7) is 3.10. The first-order valence-electron chi connectivity index (χ1n) is 7.07. The van der Waals surface area contributed by atoms with E-state index in [0.717, 1.165) is 24.2 Å². The van der Waals surface area contributed by atoms with Gasteiger partial charge in [-0.05, 0) is 24.6 Å². The number of hydrogen-bond acceptors (Lipinski definition) is 3. The molecule has 0 aliphatic heterocycles. The van der Waals surface area contributed by atoms with Crippen LogP contribution in [0.2, 0.25) is 0 Å². The molecule has 0 bridgehead atoms. The zero-order valence-electron chi connectivity index (χ0n) is 12.4. The number of rotatable bonds is 7. The summed E-state index contributed by atoms with van der Waals surface area (Å²) in [5.41, 5.74) is 2.17. The van der Waals surface area contributed by atoms with Crippen LogP contribution in [-0.2, 0) is 11.8 Å². The lowest BCUT2D eigenvalue weighted by Crippen LogP contribution is -2.29. The van der Waals surface area contributed by atoms with E-state index >= 15 is 0 Å². The number of hydrogen-bond donors (Lipinski definition) is 1. The Balaban J connectivity index is 2.28. The van der Waals surface area contributed by atoms with E-state index in [4.69, 9.17) is 4.74 Å². The minimum Gasteiger partial charge on any atom is -0.375 e. The second-order valence-electron chi connectivity index (χ2n) is 4.91. The van der Waals surface area contributed by atoms with Crippen molar-refractivity contribution in [1.29, 1.82) is 0 Å². The number of nitrogens with zero attached hydrogens (tertiary/aromatic N) is 2. The fraction of sp³-hybridized carbons (Fsp3) is 0.438. The Bertz CT molecular complexity index is 509. The van der Waals surface area contributed by atoms with Crippen molar-refractivity contribution >= 4 is 0 Å². The minimum atomic E-state index is -0.0438. The van der Waals surface area contributed by atoms with Gasteiger partial charge in [0.2, 0.25) is 0 Å². The maximum atomic E-state index is 5.75. The molecule has 1 N–H and O–H groups in total. The summed E-state index contributed by atoms with van der Waals surface area (Å²) in [7, 11) is 3.69. The molecule has 108 valence electrons. The Kier molecular flexibility index (Phi) is 5.32. The predicted octanol–water partition coefficient (Wildman–Crippen LogP) is 2.85. The van der Waals surface area contributed by atoms with Gasteiger partial charge in [0.05, 0.1) is 11.7 Å². The highest BCUT2D eigenvalue weighted by molar-refractivity contribution is 5.22. The summed E-state index contributed by atoms with van der Waals surface area (Å²) in [4.78, 5) is 0. The first kappa shape index (κ1) is 14.8. The van der Waals surface area contributed by atoms with E-state index in [-0.39, 0.29) is 12.1 Å². The molecule has 0 amide bonds. The highest BCUT2D eigenvalue weighted by atomic mass is 16.5. The molecule has 20 heavy (non-hydrogen) atoms. The van der Waals surface area contributed by atoms with Crippen molar-refractivity contribution in [3.8, 4) is 0 Å². The molecule has 0 spiro atoms. The first-order chi connectivity index (χ1) is 9.76. The van der Waals surface area contributed by atoms with Gasteiger partial charge in [0.15, 0.2) is 0 Å². The van der Waals surface area contributed by atoms with Crippen molar-refractivity contribution < 1.29 is 4.74 Å². The van der Waals surface area contributed by atoms with Crippen molar-refractivity contribution in [2.75, 3.05) is 13.7 Å². The molecule has 0 saturated carbocycles. The van der Waals surface area contributed by atoms with Crippen molar-refractivity contribution in [1.82, 2.24) is 15.1 Å². The van der Waals surface area contributed by atoms with E-state index in [2.05, 4.69) is 29.5 Å². The van der Waals surface area contributed by atoms with E-state index in [1.54, 1.807) is 7.11 Å². The summed E-state index contributed by atoms with van der Waals surface area (Å²) in [5.74, 6) is 0. The third kappa shape index (κ3) is 3.46. The zero-order valence-corrected chi connectivity index (χ0v) is 12.4. The predicted molar refractivity (Wildman–Crippen MR) is 80.4 cm³/mol. The molecule has 4 nitrogen and oxygen atoms in total. The van der Waals surface area contributed by atoms with Crippen LogP contribution < -0.4 is 5.32 Å². The van der Waals surface area contributed by atoms with Crippen LogP contribution in [-0.4, -0.2) is 23.4 Å². The Hall–Kier alpha value is -1.65. The lowest BCUT2D eigenvalue weighted by Gasteiger charge is -2.26. The van der Waals surface area contributed by atoms with Gasteiger partial charge in [-0.2, -0.15) is 5.10 Å². The molecule has 2 aromatic rings. The molecule has 1 heterocycles. The molecular formula is C16H23N3O. The van der Waals surface area contributed by atoms with Gasteiger partial charge in [0.1, 0.15) is 6.10 Å². The number of benzene rings is 1. The highest BCUT2D eigenvalue weighted by Gasteiger charge is 2.25. The quantitative estimate of drug-likeness (QED) is 0.843. The van der Waals surface area contributed by atoms with E-state index in [1.807, 2.05) is 42.2 Å². The lowest BCUT2D eigenvalue weighted by atomic mass is 9.99. The van der Waals surface area contributed by atoms with E-state index in [1.165, 1.54) is 0 Å². The zero-order chi connectivity index (χ0) is 14.4. The molecule has 0 aliphatic rings. The van der Waals surface area contributed by atoms with Gasteiger partial charge in [-0.1, -0.05) is 37.3 Å². The summed E-state index contributed by atoms with van der Waals surface area (Å²) in [6.07, 6.45) is 3.00. The maximum absolute atomic E-state index is 5.75. The van der Waals surface area contributed by atoms with Crippen molar-refractivity contribution in [2.24, 2.45) is 7.05 Å². The van der Waals surface area contributed by atoms with Crippen molar-refractivity contribution in [2.45, 2.75) is 25.5 Å². The summed E-state index contributed by atoms with van der Waals surface area (Å²) in [6, 6.07) is 12.4. The third-order valence-corrected chi connectivity index (χ3v) is 3.35. The SMILES string of the molecule is CCCNC(c1ccn(C)n1)C(OC)c1ccccc1.